The fraction of sp³-hybridized carbons (Fsp3) is 0.261. The number of alkyl halides is 3. The molecule has 0 radical (unpaired) electrons. The van der Waals surface area contributed by atoms with Crippen molar-refractivity contribution in [2.45, 2.75) is 26.9 Å². The topological polar surface area (TPSA) is 67.2 Å². The van der Waals surface area contributed by atoms with Gasteiger partial charge in [0.15, 0.2) is 5.69 Å². The molecule has 0 saturated carbocycles. The van der Waals surface area contributed by atoms with E-state index >= 15 is 0 Å². The van der Waals surface area contributed by atoms with Gasteiger partial charge in [-0.2, -0.15) is 18.3 Å². The number of hydrogen-bond acceptors (Lipinski definition) is 3. The van der Waals surface area contributed by atoms with E-state index in [2.05, 4.69) is 10.4 Å². The Labute approximate surface area is 183 Å². The first-order valence-corrected chi connectivity index (χ1v) is 10.1. The fourth-order valence-corrected chi connectivity index (χ4v) is 3.29. The van der Waals surface area contributed by atoms with Gasteiger partial charge in [0.25, 0.3) is 11.8 Å². The molecule has 0 aliphatic heterocycles. The van der Waals surface area contributed by atoms with E-state index in [1.807, 2.05) is 20.8 Å². The summed E-state index contributed by atoms with van der Waals surface area (Å²) in [7, 11) is 0. The number of hydrogen-bond donors (Lipinski definition) is 1. The van der Waals surface area contributed by atoms with Gasteiger partial charge in [0.05, 0.1) is 17.4 Å². The molecule has 0 atom stereocenters. The van der Waals surface area contributed by atoms with Crippen LogP contribution in [0.5, 0.6) is 0 Å². The van der Waals surface area contributed by atoms with Crippen molar-refractivity contribution in [3.63, 3.8) is 0 Å². The van der Waals surface area contributed by atoms with Crippen LogP contribution in [0, 0.1) is 6.92 Å². The Morgan fingerprint density at radius 1 is 1.06 bits per heavy atom. The van der Waals surface area contributed by atoms with Crippen LogP contribution < -0.4 is 5.32 Å². The van der Waals surface area contributed by atoms with Crippen LogP contribution in [0.1, 0.15) is 45.8 Å². The van der Waals surface area contributed by atoms with Gasteiger partial charge in [0.2, 0.25) is 0 Å². The highest BCUT2D eigenvalue weighted by molar-refractivity contribution is 6.06. The van der Waals surface area contributed by atoms with Gasteiger partial charge in [0.1, 0.15) is 0 Å². The van der Waals surface area contributed by atoms with E-state index in [4.69, 9.17) is 0 Å². The van der Waals surface area contributed by atoms with Crippen molar-refractivity contribution in [3.05, 3.63) is 77.1 Å². The van der Waals surface area contributed by atoms with E-state index < -0.39 is 23.3 Å². The van der Waals surface area contributed by atoms with Crippen molar-refractivity contribution in [2.75, 3.05) is 18.4 Å². The molecular weight excluding hydrogens is 421 g/mol. The molecule has 1 N–H and O–H groups in total. The average molecular weight is 444 g/mol. The van der Waals surface area contributed by atoms with Gasteiger partial charge in [-0.1, -0.05) is 23.8 Å². The predicted molar refractivity (Wildman–Crippen MR) is 115 cm³/mol. The highest BCUT2D eigenvalue weighted by Crippen LogP contribution is 2.34. The van der Waals surface area contributed by atoms with Crippen LogP contribution in [0.3, 0.4) is 0 Å². The average Bonchev–Trinajstić information content (AvgIpc) is 3.21. The molecule has 168 valence electrons. The first-order valence-electron chi connectivity index (χ1n) is 10.1. The predicted octanol–water partition coefficient (Wildman–Crippen LogP) is 4.93. The first kappa shape index (κ1) is 23.1. The second kappa shape index (κ2) is 9.25. The van der Waals surface area contributed by atoms with Gasteiger partial charge < -0.3 is 10.2 Å². The zero-order chi connectivity index (χ0) is 23.5. The van der Waals surface area contributed by atoms with E-state index in [0.717, 1.165) is 11.8 Å². The van der Waals surface area contributed by atoms with Crippen molar-refractivity contribution < 1.29 is 22.8 Å². The Balaban J connectivity index is 1.93. The van der Waals surface area contributed by atoms with E-state index in [1.54, 1.807) is 29.2 Å². The Kier molecular flexibility index (Phi) is 6.67. The summed E-state index contributed by atoms with van der Waals surface area (Å²) in [5, 5.41) is 6.26. The zero-order valence-corrected chi connectivity index (χ0v) is 17.9. The van der Waals surface area contributed by atoms with Crippen molar-refractivity contribution in [1.29, 1.82) is 0 Å². The summed E-state index contributed by atoms with van der Waals surface area (Å²) in [6.45, 7) is 6.53. The number of aromatic nitrogens is 2. The number of nitrogens with zero attached hydrogens (tertiary/aromatic N) is 3. The lowest BCUT2D eigenvalue weighted by molar-refractivity contribution is -0.143. The van der Waals surface area contributed by atoms with Gasteiger partial charge in [0, 0.05) is 24.3 Å². The Hall–Kier alpha value is -3.62. The smallest absolute Gasteiger partial charge is 0.339 e. The van der Waals surface area contributed by atoms with Crippen molar-refractivity contribution in [3.8, 4) is 5.69 Å². The SMILES string of the molecule is CCN(CC)C(=O)c1cccc(NC(=O)c2cnn(-c3ccc(C)cc3)c2C(F)(F)F)c1. The van der Waals surface area contributed by atoms with E-state index in [-0.39, 0.29) is 17.3 Å². The standard InChI is InChI=1S/C23H23F3N4O2/c1-4-29(5-2)22(32)16-7-6-8-17(13-16)28-21(31)19-14-27-30(20(19)23(24,25)26)18-11-9-15(3)10-12-18/h6-14H,4-5H2,1-3H3,(H,28,31). The van der Waals surface area contributed by atoms with Crippen LogP contribution in [0.15, 0.2) is 54.7 Å². The number of halogens is 3. The first-order chi connectivity index (χ1) is 15.2. The molecule has 2 amide bonds. The fourth-order valence-electron chi connectivity index (χ4n) is 3.29. The summed E-state index contributed by atoms with van der Waals surface area (Å²) < 4.78 is 42.3. The maximum atomic E-state index is 13.9. The summed E-state index contributed by atoms with van der Waals surface area (Å²) in [6.07, 6.45) is -3.92. The summed E-state index contributed by atoms with van der Waals surface area (Å²) in [4.78, 5) is 26.9. The molecule has 0 spiro atoms. The molecule has 2 aromatic carbocycles. The second-order valence-electron chi connectivity index (χ2n) is 7.16. The minimum Gasteiger partial charge on any atom is -0.339 e. The quantitative estimate of drug-likeness (QED) is 0.586. The van der Waals surface area contributed by atoms with Crippen molar-refractivity contribution in [1.82, 2.24) is 14.7 Å². The lowest BCUT2D eigenvalue weighted by Crippen LogP contribution is -2.30. The molecule has 1 heterocycles. The number of nitrogens with one attached hydrogen (secondary N) is 1. The molecule has 1 aromatic heterocycles. The molecule has 3 aromatic rings. The zero-order valence-electron chi connectivity index (χ0n) is 17.9. The van der Waals surface area contributed by atoms with Gasteiger partial charge in [-0.3, -0.25) is 9.59 Å². The third-order valence-corrected chi connectivity index (χ3v) is 4.98. The van der Waals surface area contributed by atoms with Crippen LogP contribution in [-0.2, 0) is 6.18 Å². The monoisotopic (exact) mass is 444 g/mol. The molecule has 32 heavy (non-hydrogen) atoms. The number of rotatable bonds is 6. The van der Waals surface area contributed by atoms with Crippen LogP contribution >= 0.6 is 0 Å². The third kappa shape index (κ3) is 4.82. The van der Waals surface area contributed by atoms with E-state index in [0.29, 0.717) is 23.3 Å². The molecule has 3 rings (SSSR count). The normalized spacial score (nSPS) is 11.3. The molecule has 0 fully saturated rings. The molecule has 0 aliphatic carbocycles. The highest BCUT2D eigenvalue weighted by Gasteiger charge is 2.40. The van der Waals surface area contributed by atoms with Crippen molar-refractivity contribution >= 4 is 17.5 Å². The van der Waals surface area contributed by atoms with Gasteiger partial charge in [-0.15, -0.1) is 0 Å². The number of amides is 2. The minimum atomic E-state index is -4.81. The van der Waals surface area contributed by atoms with Gasteiger partial charge >= 0.3 is 6.18 Å². The molecule has 0 aliphatic rings. The second-order valence-corrected chi connectivity index (χ2v) is 7.16. The molecule has 0 unspecified atom stereocenters. The maximum absolute atomic E-state index is 13.9. The van der Waals surface area contributed by atoms with Gasteiger partial charge in [-0.25, -0.2) is 4.68 Å². The van der Waals surface area contributed by atoms with Crippen LogP contribution in [0.25, 0.3) is 5.69 Å². The summed E-state index contributed by atoms with van der Waals surface area (Å²) in [5.74, 6) is -1.20. The lowest BCUT2D eigenvalue weighted by atomic mass is 10.1. The largest absolute Gasteiger partial charge is 0.434 e. The van der Waals surface area contributed by atoms with Crippen LogP contribution in [0.4, 0.5) is 18.9 Å². The molecule has 0 saturated heterocycles. The number of carbonyl (C=O) groups excluding carboxylic acids is 2. The highest BCUT2D eigenvalue weighted by atomic mass is 19.4. The van der Waals surface area contributed by atoms with Crippen LogP contribution in [0.2, 0.25) is 0 Å². The van der Waals surface area contributed by atoms with Gasteiger partial charge in [-0.05, 0) is 51.1 Å². The number of benzene rings is 2. The molecule has 0 bridgehead atoms. The Morgan fingerprint density at radius 3 is 2.31 bits per heavy atom. The van der Waals surface area contributed by atoms with E-state index in [1.165, 1.54) is 24.3 Å². The minimum absolute atomic E-state index is 0.189. The number of aryl methyl sites for hydroxylation is 1. The van der Waals surface area contributed by atoms with Crippen molar-refractivity contribution in [2.24, 2.45) is 0 Å². The third-order valence-electron chi connectivity index (χ3n) is 4.98. The maximum Gasteiger partial charge on any atom is 0.434 e. The number of anilines is 1. The van der Waals surface area contributed by atoms with E-state index in [9.17, 15) is 22.8 Å². The number of carbonyl (C=O) groups is 2. The molecule has 6 nitrogen and oxygen atoms in total. The van der Waals surface area contributed by atoms with Crippen LogP contribution in [-0.4, -0.2) is 39.6 Å². The Morgan fingerprint density at radius 2 is 1.72 bits per heavy atom. The summed E-state index contributed by atoms with van der Waals surface area (Å²) in [5.41, 5.74) is -0.171. The molecule has 9 heteroatoms. The molecular formula is C23H23F3N4O2. The Bertz CT molecular complexity index is 1120. The summed E-state index contributed by atoms with van der Waals surface area (Å²) >= 11 is 0. The lowest BCUT2D eigenvalue weighted by Gasteiger charge is -2.19. The summed E-state index contributed by atoms with van der Waals surface area (Å²) in [6, 6.07) is 12.4.